The number of carbonyl (C=O) groups is 1. The molecule has 4 heteroatoms. The molecule has 2 heterocycles. The van der Waals surface area contributed by atoms with Crippen LogP contribution in [0, 0.1) is 18.8 Å². The van der Waals surface area contributed by atoms with Crippen molar-refractivity contribution in [3.05, 3.63) is 17.0 Å². The Kier molecular flexibility index (Phi) is 3.33. The molecule has 2 aliphatic rings. The van der Waals surface area contributed by atoms with Crippen LogP contribution in [0.3, 0.4) is 0 Å². The van der Waals surface area contributed by atoms with Crippen LogP contribution in [0.15, 0.2) is 4.52 Å². The van der Waals surface area contributed by atoms with E-state index in [1.165, 1.54) is 19.3 Å². The van der Waals surface area contributed by atoms with Gasteiger partial charge in [-0.2, -0.15) is 0 Å². The maximum atomic E-state index is 12.7. The van der Waals surface area contributed by atoms with Gasteiger partial charge >= 0.3 is 0 Å². The third kappa shape index (κ3) is 2.17. The standard InChI is InChI=1S/C15H22N2O2/c1-3-5-13-14(10(2)16-19-13)15(18)17-8-11-6-4-7-12(11)9-17/h11-12H,3-9H2,1-2H3/t11-,12-/m0/s1. The average Bonchev–Trinajstić information content (AvgIpc) is 3.03. The minimum atomic E-state index is 0.136. The lowest BCUT2D eigenvalue weighted by Gasteiger charge is -2.17. The molecule has 0 spiro atoms. The fourth-order valence-electron chi connectivity index (χ4n) is 3.65. The number of amides is 1. The Bertz CT molecular complexity index is 468. The summed E-state index contributed by atoms with van der Waals surface area (Å²) in [6.07, 6.45) is 5.69. The molecule has 2 fully saturated rings. The number of hydrogen-bond donors (Lipinski definition) is 0. The Balaban J connectivity index is 1.79. The Morgan fingerprint density at radius 1 is 1.37 bits per heavy atom. The average molecular weight is 262 g/mol. The number of carbonyl (C=O) groups excluding carboxylic acids is 1. The molecular weight excluding hydrogens is 240 g/mol. The van der Waals surface area contributed by atoms with Crippen molar-refractivity contribution in [2.24, 2.45) is 11.8 Å². The first-order valence-corrected chi connectivity index (χ1v) is 7.45. The highest BCUT2D eigenvalue weighted by Crippen LogP contribution is 2.38. The van der Waals surface area contributed by atoms with Crippen LogP contribution in [0.5, 0.6) is 0 Å². The first kappa shape index (κ1) is 12.7. The Morgan fingerprint density at radius 2 is 2.05 bits per heavy atom. The number of aryl methyl sites for hydroxylation is 2. The van der Waals surface area contributed by atoms with Crippen LogP contribution in [-0.4, -0.2) is 29.1 Å². The molecule has 0 aromatic carbocycles. The van der Waals surface area contributed by atoms with Gasteiger partial charge in [0.25, 0.3) is 5.91 Å². The molecule has 1 aliphatic carbocycles. The Hall–Kier alpha value is -1.32. The number of aromatic nitrogens is 1. The highest BCUT2D eigenvalue weighted by molar-refractivity contribution is 5.96. The number of hydrogen-bond acceptors (Lipinski definition) is 3. The van der Waals surface area contributed by atoms with Gasteiger partial charge in [0.1, 0.15) is 11.3 Å². The minimum Gasteiger partial charge on any atom is -0.360 e. The molecule has 0 unspecified atom stereocenters. The zero-order valence-electron chi connectivity index (χ0n) is 11.8. The van der Waals surface area contributed by atoms with Gasteiger partial charge < -0.3 is 9.42 Å². The van der Waals surface area contributed by atoms with Crippen LogP contribution in [0.2, 0.25) is 0 Å². The van der Waals surface area contributed by atoms with Gasteiger partial charge in [-0.3, -0.25) is 4.79 Å². The van der Waals surface area contributed by atoms with Crippen molar-refractivity contribution in [2.45, 2.75) is 46.0 Å². The second-order valence-electron chi connectivity index (χ2n) is 5.98. The third-order valence-corrected chi connectivity index (χ3v) is 4.64. The molecule has 1 aliphatic heterocycles. The first-order valence-electron chi connectivity index (χ1n) is 7.45. The summed E-state index contributed by atoms with van der Waals surface area (Å²) >= 11 is 0. The van der Waals surface area contributed by atoms with E-state index in [9.17, 15) is 4.79 Å². The second kappa shape index (κ2) is 4.99. The molecular formula is C15H22N2O2. The van der Waals surface area contributed by atoms with Gasteiger partial charge in [0.2, 0.25) is 0 Å². The van der Waals surface area contributed by atoms with Gasteiger partial charge in [-0.25, -0.2) is 0 Å². The predicted molar refractivity (Wildman–Crippen MR) is 72.0 cm³/mol. The van der Waals surface area contributed by atoms with E-state index in [1.54, 1.807) is 0 Å². The molecule has 1 saturated carbocycles. The first-order chi connectivity index (χ1) is 9.20. The van der Waals surface area contributed by atoms with E-state index in [0.29, 0.717) is 0 Å². The van der Waals surface area contributed by atoms with E-state index < -0.39 is 0 Å². The summed E-state index contributed by atoms with van der Waals surface area (Å²) in [4.78, 5) is 14.7. The molecule has 3 rings (SSSR count). The van der Waals surface area contributed by atoms with E-state index in [-0.39, 0.29) is 5.91 Å². The van der Waals surface area contributed by atoms with Crippen LogP contribution >= 0.6 is 0 Å². The summed E-state index contributed by atoms with van der Waals surface area (Å²) in [7, 11) is 0. The van der Waals surface area contributed by atoms with Crippen molar-refractivity contribution < 1.29 is 9.32 Å². The Labute approximate surface area is 114 Å². The summed E-state index contributed by atoms with van der Waals surface area (Å²) in [6, 6.07) is 0. The molecule has 19 heavy (non-hydrogen) atoms. The van der Waals surface area contributed by atoms with E-state index >= 15 is 0 Å². The number of rotatable bonds is 3. The number of fused-ring (bicyclic) bond motifs is 1. The lowest BCUT2D eigenvalue weighted by atomic mass is 10.0. The largest absolute Gasteiger partial charge is 0.360 e. The van der Waals surface area contributed by atoms with E-state index in [1.807, 2.05) is 11.8 Å². The molecule has 1 amide bonds. The Morgan fingerprint density at radius 3 is 2.68 bits per heavy atom. The quantitative estimate of drug-likeness (QED) is 0.841. The third-order valence-electron chi connectivity index (χ3n) is 4.64. The smallest absolute Gasteiger partial charge is 0.259 e. The lowest BCUT2D eigenvalue weighted by molar-refractivity contribution is 0.0777. The SMILES string of the molecule is CCCc1onc(C)c1C(=O)N1C[C@@H]2CCC[C@H]2C1. The predicted octanol–water partition coefficient (Wildman–Crippen LogP) is 2.81. The number of likely N-dealkylation sites (tertiary alicyclic amines) is 1. The molecule has 1 aromatic heterocycles. The van der Waals surface area contributed by atoms with Crippen molar-refractivity contribution in [2.75, 3.05) is 13.1 Å². The van der Waals surface area contributed by atoms with Crippen molar-refractivity contribution in [1.82, 2.24) is 10.1 Å². The molecule has 4 nitrogen and oxygen atoms in total. The normalized spacial score (nSPS) is 25.9. The summed E-state index contributed by atoms with van der Waals surface area (Å²) in [5.41, 5.74) is 1.47. The summed E-state index contributed by atoms with van der Waals surface area (Å²) in [5.74, 6) is 2.37. The highest BCUT2D eigenvalue weighted by atomic mass is 16.5. The van der Waals surface area contributed by atoms with Crippen LogP contribution in [-0.2, 0) is 6.42 Å². The fraction of sp³-hybridized carbons (Fsp3) is 0.733. The molecule has 0 radical (unpaired) electrons. The topological polar surface area (TPSA) is 46.3 Å². The van der Waals surface area contributed by atoms with Gasteiger partial charge in [-0.05, 0) is 38.0 Å². The van der Waals surface area contributed by atoms with E-state index in [0.717, 1.165) is 54.8 Å². The lowest BCUT2D eigenvalue weighted by Crippen LogP contribution is -2.30. The monoisotopic (exact) mass is 262 g/mol. The molecule has 0 N–H and O–H groups in total. The fourth-order valence-corrected chi connectivity index (χ4v) is 3.65. The van der Waals surface area contributed by atoms with Crippen LogP contribution in [0.1, 0.15) is 54.4 Å². The summed E-state index contributed by atoms with van der Waals surface area (Å²) in [5, 5.41) is 3.98. The summed E-state index contributed by atoms with van der Waals surface area (Å²) < 4.78 is 5.31. The maximum Gasteiger partial charge on any atom is 0.259 e. The van der Waals surface area contributed by atoms with Gasteiger partial charge in [0, 0.05) is 19.5 Å². The van der Waals surface area contributed by atoms with Crippen molar-refractivity contribution >= 4 is 5.91 Å². The summed E-state index contributed by atoms with van der Waals surface area (Å²) in [6.45, 7) is 5.82. The highest BCUT2D eigenvalue weighted by Gasteiger charge is 2.39. The zero-order valence-corrected chi connectivity index (χ0v) is 11.8. The second-order valence-corrected chi connectivity index (χ2v) is 5.98. The molecule has 1 aromatic rings. The van der Waals surface area contributed by atoms with E-state index in [2.05, 4.69) is 12.1 Å². The zero-order chi connectivity index (χ0) is 13.4. The van der Waals surface area contributed by atoms with Crippen molar-refractivity contribution in [3.8, 4) is 0 Å². The van der Waals surface area contributed by atoms with E-state index in [4.69, 9.17) is 4.52 Å². The van der Waals surface area contributed by atoms with Crippen LogP contribution < -0.4 is 0 Å². The van der Waals surface area contributed by atoms with Gasteiger partial charge in [0.05, 0.1) is 5.69 Å². The van der Waals surface area contributed by atoms with Gasteiger partial charge in [-0.1, -0.05) is 18.5 Å². The van der Waals surface area contributed by atoms with Crippen molar-refractivity contribution in [1.29, 1.82) is 0 Å². The van der Waals surface area contributed by atoms with Crippen LogP contribution in [0.4, 0.5) is 0 Å². The van der Waals surface area contributed by atoms with Gasteiger partial charge in [-0.15, -0.1) is 0 Å². The van der Waals surface area contributed by atoms with Crippen molar-refractivity contribution in [3.63, 3.8) is 0 Å². The van der Waals surface area contributed by atoms with Gasteiger partial charge in [0.15, 0.2) is 0 Å². The minimum absolute atomic E-state index is 0.136. The van der Waals surface area contributed by atoms with Crippen LogP contribution in [0.25, 0.3) is 0 Å². The molecule has 1 saturated heterocycles. The molecule has 104 valence electrons. The molecule has 0 bridgehead atoms. The number of nitrogens with zero attached hydrogens (tertiary/aromatic N) is 2. The molecule has 2 atom stereocenters. The maximum absolute atomic E-state index is 12.7.